The summed E-state index contributed by atoms with van der Waals surface area (Å²) < 4.78 is 38.6. The van der Waals surface area contributed by atoms with Gasteiger partial charge < -0.3 is 14.5 Å². The maximum absolute atomic E-state index is 13.2. The molecule has 0 bridgehead atoms. The number of carbonyl (C=O) groups excluding carboxylic acids is 1. The van der Waals surface area contributed by atoms with Crippen molar-refractivity contribution in [3.05, 3.63) is 66.6 Å². The van der Waals surface area contributed by atoms with Crippen LogP contribution in [0.25, 0.3) is 11.1 Å². The zero-order valence-corrected chi connectivity index (χ0v) is 18.0. The van der Waals surface area contributed by atoms with E-state index in [1.807, 2.05) is 30.3 Å². The number of sulfonamides is 1. The third kappa shape index (κ3) is 4.35. The van der Waals surface area contributed by atoms with Gasteiger partial charge in [0.2, 0.25) is 10.0 Å². The van der Waals surface area contributed by atoms with Crippen molar-refractivity contribution in [2.45, 2.75) is 24.2 Å². The van der Waals surface area contributed by atoms with Gasteiger partial charge in [-0.15, -0.1) is 0 Å². The van der Waals surface area contributed by atoms with Gasteiger partial charge in [0.15, 0.2) is 5.76 Å². The molecule has 1 aromatic heterocycles. The Balaban J connectivity index is 1.63. The summed E-state index contributed by atoms with van der Waals surface area (Å²) >= 11 is 0. The van der Waals surface area contributed by atoms with Crippen LogP contribution in [0.2, 0.25) is 0 Å². The SMILES string of the molecule is COc1ccc(NC(=O)c2occc2-c2ccccc2)cc1S(=O)(=O)N1CCCCC1. The lowest BCUT2D eigenvalue weighted by Crippen LogP contribution is -2.35. The fourth-order valence-corrected chi connectivity index (χ4v) is 5.42. The van der Waals surface area contributed by atoms with Gasteiger partial charge in [0.25, 0.3) is 5.91 Å². The normalized spacial score (nSPS) is 14.9. The second kappa shape index (κ2) is 8.95. The Labute approximate surface area is 181 Å². The second-order valence-corrected chi connectivity index (χ2v) is 9.22. The minimum absolute atomic E-state index is 0.0393. The molecular formula is C23H24N2O5S. The summed E-state index contributed by atoms with van der Waals surface area (Å²) in [5, 5.41) is 2.75. The molecule has 1 N–H and O–H groups in total. The zero-order chi connectivity index (χ0) is 21.8. The number of methoxy groups -OCH3 is 1. The molecular weight excluding hydrogens is 416 g/mol. The summed E-state index contributed by atoms with van der Waals surface area (Å²) in [4.78, 5) is 12.9. The van der Waals surface area contributed by atoms with Gasteiger partial charge in [-0.25, -0.2) is 8.42 Å². The molecule has 2 heterocycles. The van der Waals surface area contributed by atoms with Crippen LogP contribution in [-0.4, -0.2) is 38.8 Å². The summed E-state index contributed by atoms with van der Waals surface area (Å²) in [5.41, 5.74) is 1.86. The Bertz CT molecular complexity index is 1170. The maximum Gasteiger partial charge on any atom is 0.292 e. The number of ether oxygens (including phenoxy) is 1. The first-order chi connectivity index (χ1) is 15.0. The summed E-state index contributed by atoms with van der Waals surface area (Å²) in [5.74, 6) is -0.0654. The molecule has 1 amide bonds. The smallest absolute Gasteiger partial charge is 0.292 e. The number of rotatable bonds is 6. The van der Waals surface area contributed by atoms with Crippen LogP contribution >= 0.6 is 0 Å². The summed E-state index contributed by atoms with van der Waals surface area (Å²) in [6.07, 6.45) is 4.14. The summed E-state index contributed by atoms with van der Waals surface area (Å²) in [7, 11) is -2.31. The Kier molecular flexibility index (Phi) is 6.11. The molecule has 1 fully saturated rings. The highest BCUT2D eigenvalue weighted by Gasteiger charge is 2.29. The molecule has 4 rings (SSSR count). The minimum atomic E-state index is -3.73. The van der Waals surface area contributed by atoms with Crippen LogP contribution in [0.15, 0.2) is 70.2 Å². The molecule has 7 nitrogen and oxygen atoms in total. The average molecular weight is 441 g/mol. The maximum atomic E-state index is 13.2. The van der Waals surface area contributed by atoms with E-state index in [1.54, 1.807) is 18.2 Å². The highest BCUT2D eigenvalue weighted by atomic mass is 32.2. The van der Waals surface area contributed by atoms with Crippen molar-refractivity contribution in [2.75, 3.05) is 25.5 Å². The highest BCUT2D eigenvalue weighted by molar-refractivity contribution is 7.89. The van der Waals surface area contributed by atoms with Crippen LogP contribution in [0.1, 0.15) is 29.8 Å². The average Bonchev–Trinajstić information content (AvgIpc) is 3.30. The van der Waals surface area contributed by atoms with E-state index in [4.69, 9.17) is 9.15 Å². The molecule has 31 heavy (non-hydrogen) atoms. The number of amides is 1. The quantitative estimate of drug-likeness (QED) is 0.614. The first-order valence-electron chi connectivity index (χ1n) is 10.1. The number of hydrogen-bond donors (Lipinski definition) is 1. The lowest BCUT2D eigenvalue weighted by atomic mass is 10.1. The second-order valence-electron chi connectivity index (χ2n) is 7.31. The fourth-order valence-electron chi connectivity index (χ4n) is 3.72. The van der Waals surface area contributed by atoms with Gasteiger partial charge in [-0.05, 0) is 42.7 Å². The number of nitrogens with one attached hydrogen (secondary N) is 1. The monoisotopic (exact) mass is 440 g/mol. The molecule has 8 heteroatoms. The molecule has 1 aliphatic rings. The molecule has 1 aliphatic heterocycles. The van der Waals surface area contributed by atoms with Crippen LogP contribution in [0.4, 0.5) is 5.69 Å². The van der Waals surface area contributed by atoms with Gasteiger partial charge in [0.1, 0.15) is 10.6 Å². The third-order valence-electron chi connectivity index (χ3n) is 5.31. The molecule has 2 aromatic carbocycles. The van der Waals surface area contributed by atoms with Crippen LogP contribution in [-0.2, 0) is 10.0 Å². The standard InChI is InChI=1S/C23H24N2O5S/c1-29-20-11-10-18(16-21(20)31(27,28)25-13-6-3-7-14-25)24-23(26)22-19(12-15-30-22)17-8-4-2-5-9-17/h2,4-5,8-12,15-16H,3,6-7,13-14H2,1H3,(H,24,26). The third-order valence-corrected chi connectivity index (χ3v) is 7.23. The molecule has 162 valence electrons. The van der Waals surface area contributed by atoms with Crippen molar-refractivity contribution in [1.82, 2.24) is 4.31 Å². The van der Waals surface area contributed by atoms with E-state index < -0.39 is 15.9 Å². The zero-order valence-electron chi connectivity index (χ0n) is 17.2. The first kappa shape index (κ1) is 21.1. The molecule has 0 saturated carbocycles. The number of piperidine rings is 1. The predicted octanol–water partition coefficient (Wildman–Crippen LogP) is 4.38. The first-order valence-corrected chi connectivity index (χ1v) is 11.6. The van der Waals surface area contributed by atoms with Crippen molar-refractivity contribution >= 4 is 21.6 Å². The largest absolute Gasteiger partial charge is 0.495 e. The van der Waals surface area contributed by atoms with Crippen molar-refractivity contribution in [3.8, 4) is 16.9 Å². The van der Waals surface area contributed by atoms with E-state index in [0.29, 0.717) is 24.3 Å². The molecule has 0 radical (unpaired) electrons. The summed E-state index contributed by atoms with van der Waals surface area (Å²) in [6.45, 7) is 0.962. The molecule has 0 unspecified atom stereocenters. The fraction of sp³-hybridized carbons (Fsp3) is 0.261. The predicted molar refractivity (Wildman–Crippen MR) is 118 cm³/mol. The Morgan fingerprint density at radius 3 is 2.48 bits per heavy atom. The van der Waals surface area contributed by atoms with E-state index in [2.05, 4.69) is 5.32 Å². The van der Waals surface area contributed by atoms with Gasteiger partial charge in [-0.3, -0.25) is 4.79 Å². The van der Waals surface area contributed by atoms with E-state index in [-0.39, 0.29) is 16.4 Å². The van der Waals surface area contributed by atoms with Crippen molar-refractivity contribution in [3.63, 3.8) is 0 Å². The van der Waals surface area contributed by atoms with E-state index in [9.17, 15) is 13.2 Å². The molecule has 0 atom stereocenters. The molecule has 0 aliphatic carbocycles. The number of nitrogens with zero attached hydrogens (tertiary/aromatic N) is 1. The Hall–Kier alpha value is -3.10. The summed E-state index contributed by atoms with van der Waals surface area (Å²) in [6, 6.07) is 15.7. The topological polar surface area (TPSA) is 88.8 Å². The number of furan rings is 1. The van der Waals surface area contributed by atoms with Crippen molar-refractivity contribution < 1.29 is 22.4 Å². The van der Waals surface area contributed by atoms with Gasteiger partial charge in [0, 0.05) is 24.3 Å². The van der Waals surface area contributed by atoms with Crippen LogP contribution < -0.4 is 10.1 Å². The number of carbonyl (C=O) groups is 1. The lowest BCUT2D eigenvalue weighted by molar-refractivity contribution is 0.0997. The van der Waals surface area contributed by atoms with Crippen LogP contribution in [0, 0.1) is 0 Å². The Morgan fingerprint density at radius 1 is 1.03 bits per heavy atom. The van der Waals surface area contributed by atoms with Crippen LogP contribution in [0.3, 0.4) is 0 Å². The number of anilines is 1. The molecule has 1 saturated heterocycles. The van der Waals surface area contributed by atoms with E-state index >= 15 is 0 Å². The number of hydrogen-bond acceptors (Lipinski definition) is 5. The minimum Gasteiger partial charge on any atom is -0.495 e. The number of benzene rings is 2. The Morgan fingerprint density at radius 2 is 1.77 bits per heavy atom. The van der Waals surface area contributed by atoms with E-state index in [0.717, 1.165) is 24.8 Å². The van der Waals surface area contributed by atoms with Crippen molar-refractivity contribution in [1.29, 1.82) is 0 Å². The van der Waals surface area contributed by atoms with Gasteiger partial charge in [-0.2, -0.15) is 4.31 Å². The van der Waals surface area contributed by atoms with Crippen molar-refractivity contribution in [2.24, 2.45) is 0 Å². The van der Waals surface area contributed by atoms with E-state index in [1.165, 1.54) is 23.7 Å². The highest BCUT2D eigenvalue weighted by Crippen LogP contribution is 2.32. The van der Waals surface area contributed by atoms with Crippen LogP contribution in [0.5, 0.6) is 5.75 Å². The molecule has 0 spiro atoms. The molecule has 3 aromatic rings. The van der Waals surface area contributed by atoms with Gasteiger partial charge in [0.05, 0.1) is 13.4 Å². The van der Waals surface area contributed by atoms with Gasteiger partial charge >= 0.3 is 0 Å². The van der Waals surface area contributed by atoms with Gasteiger partial charge in [-0.1, -0.05) is 36.8 Å². The lowest BCUT2D eigenvalue weighted by Gasteiger charge is -2.26.